The minimum Gasteiger partial charge on any atom is -0.480 e. The first kappa shape index (κ1) is 23.1. The molecule has 31 heavy (non-hydrogen) atoms. The number of aliphatic carboxylic acids is 1. The summed E-state index contributed by atoms with van der Waals surface area (Å²) in [5.41, 5.74) is 0.555. The number of aromatic nitrogens is 2. The Morgan fingerprint density at radius 1 is 1.23 bits per heavy atom. The Kier molecular flexibility index (Phi) is 7.91. The minimum atomic E-state index is -1.20. The van der Waals surface area contributed by atoms with E-state index >= 15 is 0 Å². The molecule has 2 saturated heterocycles. The largest absolute Gasteiger partial charge is 0.480 e. The fourth-order valence-electron chi connectivity index (χ4n) is 3.95. The van der Waals surface area contributed by atoms with Crippen LogP contribution in [0.15, 0.2) is 12.5 Å². The van der Waals surface area contributed by atoms with Crippen LogP contribution >= 0.6 is 12.6 Å². The van der Waals surface area contributed by atoms with E-state index in [4.69, 9.17) is 0 Å². The molecule has 11 nitrogen and oxygen atoms in total. The number of carboxylic acids is 1. The zero-order valence-corrected chi connectivity index (χ0v) is 17.9. The summed E-state index contributed by atoms with van der Waals surface area (Å²) in [6.07, 6.45) is 5.81. The molecule has 4 unspecified atom stereocenters. The number of H-pyrrole nitrogens is 1. The van der Waals surface area contributed by atoms with Crippen LogP contribution in [0.1, 0.15) is 31.4 Å². The number of rotatable bonds is 9. The fraction of sp³-hybridized carbons (Fsp3) is 0.632. The molecule has 5 N–H and O–H groups in total. The SMILES string of the molecule is O=C(O)C(Cc1cnc[nH]1)NC(=O)C(CS)NC(=O)C1CCCN1C(=O)C1CCCN1. The number of thiol groups is 1. The predicted molar refractivity (Wildman–Crippen MR) is 113 cm³/mol. The fourth-order valence-corrected chi connectivity index (χ4v) is 4.21. The first-order valence-corrected chi connectivity index (χ1v) is 11.0. The summed E-state index contributed by atoms with van der Waals surface area (Å²) in [5, 5.41) is 17.6. The Bertz CT molecular complexity index is 798. The van der Waals surface area contributed by atoms with Crippen LogP contribution in [0.4, 0.5) is 0 Å². The van der Waals surface area contributed by atoms with Crippen LogP contribution in [0.2, 0.25) is 0 Å². The van der Waals surface area contributed by atoms with Gasteiger partial charge in [0.2, 0.25) is 17.7 Å². The number of nitrogens with zero attached hydrogens (tertiary/aromatic N) is 2. The van der Waals surface area contributed by atoms with Crippen molar-refractivity contribution in [3.8, 4) is 0 Å². The van der Waals surface area contributed by atoms with Crippen molar-refractivity contribution in [2.45, 2.75) is 56.3 Å². The molecule has 0 bridgehead atoms. The van der Waals surface area contributed by atoms with Crippen molar-refractivity contribution >= 4 is 36.3 Å². The van der Waals surface area contributed by atoms with Gasteiger partial charge in [-0.3, -0.25) is 14.4 Å². The van der Waals surface area contributed by atoms with Gasteiger partial charge in [-0.25, -0.2) is 9.78 Å². The maximum atomic E-state index is 12.9. The summed E-state index contributed by atoms with van der Waals surface area (Å²) in [6.45, 7) is 1.28. The van der Waals surface area contributed by atoms with Gasteiger partial charge in [-0.2, -0.15) is 12.6 Å². The van der Waals surface area contributed by atoms with Crippen LogP contribution in [0.25, 0.3) is 0 Å². The molecule has 3 rings (SSSR count). The Morgan fingerprint density at radius 2 is 2.03 bits per heavy atom. The molecule has 0 spiro atoms. The number of carboxylic acid groups (broad SMARTS) is 1. The van der Waals surface area contributed by atoms with Crippen molar-refractivity contribution in [2.24, 2.45) is 0 Å². The molecule has 12 heteroatoms. The highest BCUT2D eigenvalue weighted by Gasteiger charge is 2.39. The molecular formula is C19H28N6O5S. The quantitative estimate of drug-likeness (QED) is 0.254. The third-order valence-electron chi connectivity index (χ3n) is 5.61. The number of carbonyl (C=O) groups excluding carboxylic acids is 3. The van der Waals surface area contributed by atoms with E-state index in [9.17, 15) is 24.3 Å². The van der Waals surface area contributed by atoms with Crippen molar-refractivity contribution < 1.29 is 24.3 Å². The second-order valence-corrected chi connectivity index (χ2v) is 8.13. The smallest absolute Gasteiger partial charge is 0.326 e. The van der Waals surface area contributed by atoms with Crippen LogP contribution in [0.3, 0.4) is 0 Å². The summed E-state index contributed by atoms with van der Waals surface area (Å²) >= 11 is 4.14. The van der Waals surface area contributed by atoms with E-state index in [2.05, 4.69) is 38.5 Å². The van der Waals surface area contributed by atoms with Crippen LogP contribution in [0.5, 0.6) is 0 Å². The van der Waals surface area contributed by atoms with Gasteiger partial charge in [0.25, 0.3) is 0 Å². The zero-order valence-electron chi connectivity index (χ0n) is 17.0. The zero-order chi connectivity index (χ0) is 22.4. The first-order valence-electron chi connectivity index (χ1n) is 10.4. The van der Waals surface area contributed by atoms with E-state index in [0.29, 0.717) is 25.1 Å². The van der Waals surface area contributed by atoms with Crippen LogP contribution in [-0.4, -0.2) is 86.7 Å². The maximum Gasteiger partial charge on any atom is 0.326 e. The highest BCUT2D eigenvalue weighted by atomic mass is 32.1. The van der Waals surface area contributed by atoms with Crippen molar-refractivity contribution in [1.82, 2.24) is 30.8 Å². The molecule has 1 aromatic heterocycles. The number of hydrogen-bond donors (Lipinski definition) is 6. The third kappa shape index (κ3) is 5.76. The summed E-state index contributed by atoms with van der Waals surface area (Å²) in [4.78, 5) is 58.0. The van der Waals surface area contributed by atoms with Crippen LogP contribution in [0, 0.1) is 0 Å². The molecule has 1 aromatic rings. The lowest BCUT2D eigenvalue weighted by Crippen LogP contribution is -2.57. The molecule has 4 atom stereocenters. The van der Waals surface area contributed by atoms with Crippen molar-refractivity contribution in [3.05, 3.63) is 18.2 Å². The van der Waals surface area contributed by atoms with Crippen LogP contribution < -0.4 is 16.0 Å². The molecule has 0 radical (unpaired) electrons. The van der Waals surface area contributed by atoms with E-state index < -0.39 is 35.9 Å². The molecular weight excluding hydrogens is 424 g/mol. The average molecular weight is 453 g/mol. The normalized spacial score (nSPS) is 22.7. The number of aromatic amines is 1. The Labute approximate surface area is 185 Å². The molecule has 2 fully saturated rings. The summed E-state index contributed by atoms with van der Waals surface area (Å²) in [5.74, 6) is -2.39. The van der Waals surface area contributed by atoms with Gasteiger partial charge in [0.15, 0.2) is 0 Å². The van der Waals surface area contributed by atoms with Crippen molar-refractivity contribution in [1.29, 1.82) is 0 Å². The number of carbonyl (C=O) groups is 4. The van der Waals surface area contributed by atoms with Gasteiger partial charge in [-0.05, 0) is 32.2 Å². The van der Waals surface area contributed by atoms with E-state index in [1.807, 2.05) is 0 Å². The van der Waals surface area contributed by atoms with E-state index in [0.717, 1.165) is 19.4 Å². The minimum absolute atomic E-state index is 0.0151. The number of likely N-dealkylation sites (tertiary alicyclic amines) is 1. The number of imidazole rings is 1. The van der Waals surface area contributed by atoms with Crippen LogP contribution in [-0.2, 0) is 25.6 Å². The van der Waals surface area contributed by atoms with E-state index in [-0.39, 0.29) is 24.1 Å². The van der Waals surface area contributed by atoms with E-state index in [1.54, 1.807) is 4.90 Å². The standard InChI is InChI=1S/C19H28N6O5S/c26-16(23-13(19(29)30)7-11-8-20-10-22-11)14(9-31)24-17(27)15-4-2-6-25(15)18(28)12-3-1-5-21-12/h8,10,12-15,21,31H,1-7,9H2,(H,20,22)(H,23,26)(H,24,27)(H,29,30). The number of amides is 3. The third-order valence-corrected chi connectivity index (χ3v) is 5.97. The lowest BCUT2D eigenvalue weighted by molar-refractivity contribution is -0.143. The van der Waals surface area contributed by atoms with Gasteiger partial charge >= 0.3 is 5.97 Å². The van der Waals surface area contributed by atoms with Gasteiger partial charge in [-0.1, -0.05) is 0 Å². The first-order chi connectivity index (χ1) is 14.9. The molecule has 0 aliphatic carbocycles. The summed E-state index contributed by atoms with van der Waals surface area (Å²) in [7, 11) is 0. The monoisotopic (exact) mass is 452 g/mol. The van der Waals surface area contributed by atoms with E-state index in [1.165, 1.54) is 12.5 Å². The number of nitrogens with one attached hydrogen (secondary N) is 4. The topological polar surface area (TPSA) is 157 Å². The predicted octanol–water partition coefficient (Wildman–Crippen LogP) is -1.32. The summed E-state index contributed by atoms with van der Waals surface area (Å²) < 4.78 is 0. The summed E-state index contributed by atoms with van der Waals surface area (Å²) in [6, 6.07) is -3.13. The molecule has 3 heterocycles. The second-order valence-electron chi connectivity index (χ2n) is 7.76. The molecule has 0 aromatic carbocycles. The van der Waals surface area contributed by atoms with Crippen molar-refractivity contribution in [3.63, 3.8) is 0 Å². The van der Waals surface area contributed by atoms with Gasteiger partial charge in [0.05, 0.1) is 12.4 Å². The van der Waals surface area contributed by atoms with Gasteiger partial charge < -0.3 is 30.9 Å². The molecule has 3 amide bonds. The molecule has 170 valence electrons. The molecule has 2 aliphatic heterocycles. The Hall–Kier alpha value is -2.60. The number of hydrogen-bond acceptors (Lipinski definition) is 7. The van der Waals surface area contributed by atoms with Gasteiger partial charge in [0.1, 0.15) is 18.1 Å². The molecule has 2 aliphatic rings. The molecule has 0 saturated carbocycles. The lowest BCUT2D eigenvalue weighted by Gasteiger charge is -2.28. The average Bonchev–Trinajstić information content (AvgIpc) is 3.52. The van der Waals surface area contributed by atoms with Crippen molar-refractivity contribution in [2.75, 3.05) is 18.8 Å². The Balaban J connectivity index is 1.59. The second kappa shape index (κ2) is 10.6. The maximum absolute atomic E-state index is 12.9. The lowest BCUT2D eigenvalue weighted by atomic mass is 10.1. The Morgan fingerprint density at radius 3 is 2.65 bits per heavy atom. The highest BCUT2D eigenvalue weighted by Crippen LogP contribution is 2.21. The van der Waals surface area contributed by atoms with Gasteiger partial charge in [-0.15, -0.1) is 0 Å². The highest BCUT2D eigenvalue weighted by molar-refractivity contribution is 7.80. The van der Waals surface area contributed by atoms with Gasteiger partial charge in [0, 0.05) is 30.6 Å².